The number of carbonyl (C=O) groups excluding carboxylic acids is 1. The van der Waals surface area contributed by atoms with Crippen molar-refractivity contribution in [3.8, 4) is 0 Å². The lowest BCUT2D eigenvalue weighted by Crippen LogP contribution is -2.35. The molecule has 0 saturated carbocycles. The summed E-state index contributed by atoms with van der Waals surface area (Å²) < 4.78 is 0. The number of benzene rings is 1. The summed E-state index contributed by atoms with van der Waals surface area (Å²) in [5, 5.41) is 8.92. The minimum absolute atomic E-state index is 0.142. The lowest BCUT2D eigenvalue weighted by atomic mass is 10.1. The van der Waals surface area contributed by atoms with Crippen molar-refractivity contribution in [2.75, 3.05) is 13.2 Å². The largest absolute Gasteiger partial charge is 0.396 e. The highest BCUT2D eigenvalue weighted by molar-refractivity contribution is 5.94. The van der Waals surface area contributed by atoms with Crippen LogP contribution in [-0.4, -0.2) is 35.1 Å². The first-order valence-electron chi connectivity index (χ1n) is 7.27. The van der Waals surface area contributed by atoms with Gasteiger partial charge in [0, 0.05) is 24.8 Å². The summed E-state index contributed by atoms with van der Waals surface area (Å²) in [6.45, 7) is 3.18. The molecule has 1 aliphatic heterocycles. The van der Waals surface area contributed by atoms with Crippen molar-refractivity contribution in [1.82, 2.24) is 4.90 Å². The van der Waals surface area contributed by atoms with E-state index in [4.69, 9.17) is 5.11 Å². The fraction of sp³-hybridized carbons (Fsp3) is 0.562. The maximum atomic E-state index is 12.5. The number of aliphatic hydroxyl groups excluding tert-OH is 1. The van der Waals surface area contributed by atoms with Crippen molar-refractivity contribution in [3.05, 3.63) is 35.4 Å². The van der Waals surface area contributed by atoms with Crippen LogP contribution in [0.1, 0.15) is 48.5 Å². The number of carbonyl (C=O) groups is 1. The number of likely N-dealkylation sites (tertiary alicyclic amines) is 1. The van der Waals surface area contributed by atoms with Crippen LogP contribution in [-0.2, 0) is 6.42 Å². The third-order valence-electron chi connectivity index (χ3n) is 3.94. The normalized spacial score (nSPS) is 18.8. The van der Waals surface area contributed by atoms with Crippen molar-refractivity contribution in [1.29, 1.82) is 0 Å². The van der Waals surface area contributed by atoms with Crippen LogP contribution in [0.15, 0.2) is 24.3 Å². The molecule has 1 aliphatic rings. The molecule has 1 fully saturated rings. The van der Waals surface area contributed by atoms with E-state index in [1.807, 2.05) is 29.2 Å². The Bertz CT molecular complexity index is 413. The Hall–Kier alpha value is -1.35. The Kier molecular flexibility index (Phi) is 4.97. The van der Waals surface area contributed by atoms with Gasteiger partial charge in [0.25, 0.3) is 5.91 Å². The molecule has 3 heteroatoms. The summed E-state index contributed by atoms with van der Waals surface area (Å²) >= 11 is 0. The predicted molar refractivity (Wildman–Crippen MR) is 76.2 cm³/mol. The van der Waals surface area contributed by atoms with E-state index >= 15 is 0 Å². The molecule has 3 nitrogen and oxygen atoms in total. The van der Waals surface area contributed by atoms with Crippen LogP contribution in [0.5, 0.6) is 0 Å². The van der Waals surface area contributed by atoms with Crippen LogP contribution in [0.4, 0.5) is 0 Å². The second kappa shape index (κ2) is 6.71. The minimum atomic E-state index is 0.142. The van der Waals surface area contributed by atoms with Gasteiger partial charge in [-0.15, -0.1) is 0 Å². The number of rotatable bonds is 5. The highest BCUT2D eigenvalue weighted by Crippen LogP contribution is 2.23. The fourth-order valence-electron chi connectivity index (χ4n) is 2.78. The average molecular weight is 261 g/mol. The highest BCUT2D eigenvalue weighted by Gasteiger charge is 2.28. The topological polar surface area (TPSA) is 40.5 Å². The van der Waals surface area contributed by atoms with Gasteiger partial charge in [0.05, 0.1) is 0 Å². The van der Waals surface area contributed by atoms with Crippen LogP contribution >= 0.6 is 0 Å². The third kappa shape index (κ3) is 3.35. The number of hydrogen-bond acceptors (Lipinski definition) is 2. The first-order valence-corrected chi connectivity index (χ1v) is 7.27. The lowest BCUT2D eigenvalue weighted by molar-refractivity contribution is 0.0724. The average Bonchev–Trinajstić information content (AvgIpc) is 2.92. The van der Waals surface area contributed by atoms with Gasteiger partial charge in [-0.25, -0.2) is 0 Å². The van der Waals surface area contributed by atoms with E-state index in [0.717, 1.165) is 44.2 Å². The van der Waals surface area contributed by atoms with E-state index in [2.05, 4.69) is 6.92 Å². The molecule has 1 saturated heterocycles. The third-order valence-corrected chi connectivity index (χ3v) is 3.94. The Morgan fingerprint density at radius 1 is 1.37 bits per heavy atom. The summed E-state index contributed by atoms with van der Waals surface area (Å²) in [6.07, 6.45) is 4.84. The Labute approximate surface area is 115 Å². The summed E-state index contributed by atoms with van der Waals surface area (Å²) in [4.78, 5) is 14.5. The highest BCUT2D eigenvalue weighted by atomic mass is 16.3. The van der Waals surface area contributed by atoms with Crippen molar-refractivity contribution in [3.63, 3.8) is 0 Å². The van der Waals surface area contributed by atoms with Gasteiger partial charge in [0.15, 0.2) is 0 Å². The van der Waals surface area contributed by atoms with Crippen molar-refractivity contribution in [2.24, 2.45) is 0 Å². The molecule has 1 aromatic carbocycles. The standard InChI is InChI=1S/C16H23NO2/c1-2-13-7-9-14(10-8-13)16(19)17-11-3-5-15(17)6-4-12-18/h7-10,15,18H,2-6,11-12H2,1H3. The van der Waals surface area contributed by atoms with Gasteiger partial charge < -0.3 is 10.0 Å². The van der Waals surface area contributed by atoms with E-state index in [9.17, 15) is 4.79 Å². The van der Waals surface area contributed by atoms with Gasteiger partial charge in [-0.1, -0.05) is 19.1 Å². The summed E-state index contributed by atoms with van der Waals surface area (Å²) in [5.74, 6) is 0.142. The molecule has 0 bridgehead atoms. The molecular weight excluding hydrogens is 238 g/mol. The van der Waals surface area contributed by atoms with Crippen molar-refractivity contribution >= 4 is 5.91 Å². The zero-order valence-electron chi connectivity index (χ0n) is 11.6. The SMILES string of the molecule is CCc1ccc(C(=O)N2CCCC2CCCO)cc1. The Balaban J connectivity index is 2.04. The Morgan fingerprint density at radius 2 is 2.11 bits per heavy atom. The summed E-state index contributed by atoms with van der Waals surface area (Å²) in [7, 11) is 0. The van der Waals surface area contributed by atoms with Gasteiger partial charge in [-0.2, -0.15) is 0 Å². The van der Waals surface area contributed by atoms with Crippen LogP contribution < -0.4 is 0 Å². The van der Waals surface area contributed by atoms with E-state index in [1.165, 1.54) is 5.56 Å². The number of amides is 1. The second-order valence-electron chi connectivity index (χ2n) is 5.21. The van der Waals surface area contributed by atoms with Gasteiger partial charge >= 0.3 is 0 Å². The number of aryl methyl sites for hydroxylation is 1. The maximum Gasteiger partial charge on any atom is 0.254 e. The molecule has 0 radical (unpaired) electrons. The monoisotopic (exact) mass is 261 g/mol. The molecule has 1 N–H and O–H groups in total. The van der Waals surface area contributed by atoms with Crippen molar-refractivity contribution < 1.29 is 9.90 Å². The molecule has 0 aliphatic carbocycles. The molecule has 104 valence electrons. The van der Waals surface area contributed by atoms with Gasteiger partial charge in [-0.3, -0.25) is 4.79 Å². The molecule has 1 amide bonds. The van der Waals surface area contributed by atoms with E-state index < -0.39 is 0 Å². The first-order chi connectivity index (χ1) is 9.26. The van der Waals surface area contributed by atoms with Crippen LogP contribution in [0.2, 0.25) is 0 Å². The predicted octanol–water partition coefficient (Wildman–Crippen LogP) is 2.63. The van der Waals surface area contributed by atoms with Crippen LogP contribution in [0.25, 0.3) is 0 Å². The molecule has 0 aromatic heterocycles. The summed E-state index contributed by atoms with van der Waals surface area (Å²) in [5.41, 5.74) is 2.04. The molecule has 1 atom stereocenters. The zero-order chi connectivity index (χ0) is 13.7. The molecule has 0 spiro atoms. The molecule has 2 rings (SSSR count). The maximum absolute atomic E-state index is 12.5. The van der Waals surface area contributed by atoms with Crippen molar-refractivity contribution in [2.45, 2.75) is 45.1 Å². The minimum Gasteiger partial charge on any atom is -0.396 e. The number of hydrogen-bond donors (Lipinski definition) is 1. The first kappa shape index (κ1) is 14.1. The lowest BCUT2D eigenvalue weighted by Gasteiger charge is -2.24. The molecule has 19 heavy (non-hydrogen) atoms. The van der Waals surface area contributed by atoms with Crippen LogP contribution in [0, 0.1) is 0 Å². The fourth-order valence-corrected chi connectivity index (χ4v) is 2.78. The van der Waals surface area contributed by atoms with E-state index in [-0.39, 0.29) is 12.5 Å². The van der Waals surface area contributed by atoms with Gasteiger partial charge in [-0.05, 0) is 49.8 Å². The molecule has 1 unspecified atom stereocenters. The quantitative estimate of drug-likeness (QED) is 0.885. The number of nitrogens with zero attached hydrogens (tertiary/aromatic N) is 1. The zero-order valence-corrected chi connectivity index (χ0v) is 11.6. The van der Waals surface area contributed by atoms with Gasteiger partial charge in [0.2, 0.25) is 0 Å². The van der Waals surface area contributed by atoms with Crippen LogP contribution in [0.3, 0.4) is 0 Å². The molecule has 1 heterocycles. The van der Waals surface area contributed by atoms with Gasteiger partial charge in [0.1, 0.15) is 0 Å². The smallest absolute Gasteiger partial charge is 0.254 e. The summed E-state index contributed by atoms with van der Waals surface area (Å²) in [6, 6.07) is 8.24. The van der Waals surface area contributed by atoms with E-state index in [0.29, 0.717) is 6.04 Å². The molecular formula is C16H23NO2. The second-order valence-corrected chi connectivity index (χ2v) is 5.21. The number of aliphatic hydroxyl groups is 1. The van der Waals surface area contributed by atoms with E-state index in [1.54, 1.807) is 0 Å². The molecule has 1 aromatic rings. The Morgan fingerprint density at radius 3 is 2.74 bits per heavy atom.